The average molecular weight is 307 g/mol. The van der Waals surface area contributed by atoms with Crippen molar-refractivity contribution in [3.05, 3.63) is 40.9 Å². The van der Waals surface area contributed by atoms with E-state index in [2.05, 4.69) is 15.5 Å². The van der Waals surface area contributed by atoms with Crippen molar-refractivity contribution >= 4 is 17.5 Å². The molecule has 1 aromatic heterocycles. The number of benzene rings is 1. The van der Waals surface area contributed by atoms with Crippen molar-refractivity contribution in [3.63, 3.8) is 0 Å². The van der Waals surface area contributed by atoms with E-state index in [9.17, 15) is 4.79 Å². The number of hydrogen-bond acceptors (Lipinski definition) is 4. The first-order valence-corrected chi connectivity index (χ1v) is 7.14. The maximum Gasteiger partial charge on any atom is 0.261 e. The van der Waals surface area contributed by atoms with Gasteiger partial charge in [-0.25, -0.2) is 0 Å². The summed E-state index contributed by atoms with van der Waals surface area (Å²) < 4.78 is 7.52. The zero-order valence-corrected chi connectivity index (χ0v) is 12.3. The highest BCUT2D eigenvalue weighted by Crippen LogP contribution is 2.31. The highest BCUT2D eigenvalue weighted by Gasteiger charge is 2.29. The van der Waals surface area contributed by atoms with Crippen LogP contribution in [0, 0.1) is 0 Å². The van der Waals surface area contributed by atoms with E-state index in [4.69, 9.17) is 16.3 Å². The minimum atomic E-state index is -0.517. The van der Waals surface area contributed by atoms with E-state index in [1.807, 2.05) is 17.6 Å². The molecule has 1 amide bonds. The molecule has 1 atom stereocenters. The molecule has 0 bridgehead atoms. The first kappa shape index (κ1) is 13.9. The number of carbonyl (C=O) groups is 1. The molecular formula is C14H15ClN4O2. The summed E-state index contributed by atoms with van der Waals surface area (Å²) in [7, 11) is 0. The summed E-state index contributed by atoms with van der Waals surface area (Å²) in [6.45, 7) is 3.10. The Bertz CT molecular complexity index is 671. The zero-order chi connectivity index (χ0) is 14.8. The largest absolute Gasteiger partial charge is 0.480 e. The number of rotatable bonds is 4. The van der Waals surface area contributed by atoms with Crippen molar-refractivity contribution in [2.45, 2.75) is 32.5 Å². The SMILES string of the molecule is CCn1cnnc1CNC(=O)C1Cc2cc(Cl)ccc2O1. The Morgan fingerprint density at radius 3 is 3.24 bits per heavy atom. The summed E-state index contributed by atoms with van der Waals surface area (Å²) in [5, 5.41) is 11.3. The number of nitrogens with one attached hydrogen (secondary N) is 1. The van der Waals surface area contributed by atoms with Gasteiger partial charge in [-0.1, -0.05) is 11.6 Å². The van der Waals surface area contributed by atoms with Crippen LogP contribution in [0.1, 0.15) is 18.3 Å². The number of aryl methyl sites for hydroxylation is 1. The van der Waals surface area contributed by atoms with Crippen LogP contribution in [-0.2, 0) is 24.3 Å². The van der Waals surface area contributed by atoms with Crippen molar-refractivity contribution in [2.75, 3.05) is 0 Å². The predicted octanol–water partition coefficient (Wildman–Crippen LogP) is 1.57. The van der Waals surface area contributed by atoms with E-state index in [0.29, 0.717) is 18.0 Å². The van der Waals surface area contributed by atoms with Gasteiger partial charge in [-0.05, 0) is 30.7 Å². The Hall–Kier alpha value is -2.08. The molecule has 0 saturated heterocycles. The molecule has 1 aliphatic heterocycles. The summed E-state index contributed by atoms with van der Waals surface area (Å²) in [4.78, 5) is 12.2. The van der Waals surface area contributed by atoms with Gasteiger partial charge in [0, 0.05) is 18.0 Å². The Labute approximate surface area is 127 Å². The number of ether oxygens (including phenoxy) is 1. The second-order valence-corrected chi connectivity index (χ2v) is 5.25. The number of amides is 1. The molecule has 2 aromatic rings. The smallest absolute Gasteiger partial charge is 0.261 e. The fraction of sp³-hybridized carbons (Fsp3) is 0.357. The Balaban J connectivity index is 1.60. The van der Waals surface area contributed by atoms with E-state index >= 15 is 0 Å². The first-order valence-electron chi connectivity index (χ1n) is 6.77. The molecular weight excluding hydrogens is 292 g/mol. The molecule has 7 heteroatoms. The monoisotopic (exact) mass is 306 g/mol. The molecule has 3 rings (SSSR count). The zero-order valence-electron chi connectivity index (χ0n) is 11.5. The second kappa shape index (κ2) is 5.73. The number of halogens is 1. The molecule has 110 valence electrons. The number of hydrogen-bond donors (Lipinski definition) is 1. The molecule has 1 N–H and O–H groups in total. The van der Waals surface area contributed by atoms with Gasteiger partial charge in [0.05, 0.1) is 6.54 Å². The van der Waals surface area contributed by atoms with Gasteiger partial charge in [-0.15, -0.1) is 10.2 Å². The molecule has 21 heavy (non-hydrogen) atoms. The lowest BCUT2D eigenvalue weighted by atomic mass is 10.1. The van der Waals surface area contributed by atoms with Crippen LogP contribution in [0.4, 0.5) is 0 Å². The number of nitrogens with zero attached hydrogens (tertiary/aromatic N) is 3. The quantitative estimate of drug-likeness (QED) is 0.931. The predicted molar refractivity (Wildman–Crippen MR) is 77.1 cm³/mol. The number of carbonyl (C=O) groups excluding carboxylic acids is 1. The van der Waals surface area contributed by atoms with Crippen LogP contribution in [0.5, 0.6) is 5.75 Å². The maximum atomic E-state index is 12.2. The Morgan fingerprint density at radius 1 is 1.57 bits per heavy atom. The number of aromatic nitrogens is 3. The molecule has 6 nitrogen and oxygen atoms in total. The third-order valence-electron chi connectivity index (χ3n) is 3.45. The van der Waals surface area contributed by atoms with E-state index in [0.717, 1.165) is 23.7 Å². The minimum absolute atomic E-state index is 0.159. The summed E-state index contributed by atoms with van der Waals surface area (Å²) >= 11 is 5.94. The molecule has 0 fully saturated rings. The van der Waals surface area contributed by atoms with Crippen molar-refractivity contribution in [1.82, 2.24) is 20.1 Å². The summed E-state index contributed by atoms with van der Waals surface area (Å²) in [5.41, 5.74) is 0.958. The molecule has 1 aliphatic rings. The number of fused-ring (bicyclic) bond motifs is 1. The third-order valence-corrected chi connectivity index (χ3v) is 3.68. The van der Waals surface area contributed by atoms with Crippen LogP contribution in [0.15, 0.2) is 24.5 Å². The summed E-state index contributed by atoms with van der Waals surface area (Å²) in [5.74, 6) is 1.29. The first-order chi connectivity index (χ1) is 10.2. The maximum absolute atomic E-state index is 12.2. The van der Waals surface area contributed by atoms with Gasteiger partial charge in [0.2, 0.25) is 0 Å². The summed E-state index contributed by atoms with van der Waals surface area (Å²) in [6, 6.07) is 5.38. The standard InChI is InChI=1S/C14H15ClN4O2/c1-2-19-8-17-18-13(19)7-16-14(20)12-6-9-5-10(15)3-4-11(9)21-12/h3-5,8,12H,2,6-7H2,1H3,(H,16,20). The lowest BCUT2D eigenvalue weighted by Gasteiger charge is -2.11. The van der Waals surface area contributed by atoms with Gasteiger partial charge >= 0.3 is 0 Å². The molecule has 0 radical (unpaired) electrons. The van der Waals surface area contributed by atoms with E-state index in [1.54, 1.807) is 18.5 Å². The van der Waals surface area contributed by atoms with Gasteiger partial charge in [0.15, 0.2) is 11.9 Å². The van der Waals surface area contributed by atoms with Crippen LogP contribution in [0.2, 0.25) is 5.02 Å². The third kappa shape index (κ3) is 2.85. The highest BCUT2D eigenvalue weighted by atomic mass is 35.5. The Morgan fingerprint density at radius 2 is 2.43 bits per heavy atom. The second-order valence-electron chi connectivity index (χ2n) is 4.81. The van der Waals surface area contributed by atoms with Crippen LogP contribution >= 0.6 is 11.6 Å². The lowest BCUT2D eigenvalue weighted by Crippen LogP contribution is -2.37. The average Bonchev–Trinajstić information content (AvgIpc) is 3.10. The van der Waals surface area contributed by atoms with E-state index < -0.39 is 6.10 Å². The van der Waals surface area contributed by atoms with Crippen LogP contribution in [0.25, 0.3) is 0 Å². The minimum Gasteiger partial charge on any atom is -0.480 e. The van der Waals surface area contributed by atoms with E-state index in [1.165, 1.54) is 0 Å². The van der Waals surface area contributed by atoms with Crippen molar-refractivity contribution < 1.29 is 9.53 Å². The molecule has 1 unspecified atom stereocenters. The van der Waals surface area contributed by atoms with Crippen LogP contribution in [0.3, 0.4) is 0 Å². The molecule has 0 saturated carbocycles. The van der Waals surface area contributed by atoms with E-state index in [-0.39, 0.29) is 5.91 Å². The molecule has 0 spiro atoms. The van der Waals surface area contributed by atoms with Crippen molar-refractivity contribution in [2.24, 2.45) is 0 Å². The topological polar surface area (TPSA) is 69.0 Å². The molecule has 2 heterocycles. The highest BCUT2D eigenvalue weighted by molar-refractivity contribution is 6.30. The van der Waals surface area contributed by atoms with Gasteiger partial charge in [0.1, 0.15) is 12.1 Å². The lowest BCUT2D eigenvalue weighted by molar-refractivity contribution is -0.127. The summed E-state index contributed by atoms with van der Waals surface area (Å²) in [6.07, 6.45) is 1.66. The normalized spacial score (nSPS) is 16.4. The van der Waals surface area contributed by atoms with Crippen molar-refractivity contribution in [1.29, 1.82) is 0 Å². The fourth-order valence-electron chi connectivity index (χ4n) is 2.32. The van der Waals surface area contributed by atoms with Crippen molar-refractivity contribution in [3.8, 4) is 5.75 Å². The van der Waals surface area contributed by atoms with Gasteiger partial charge in [-0.3, -0.25) is 4.79 Å². The fourth-order valence-corrected chi connectivity index (χ4v) is 2.52. The van der Waals surface area contributed by atoms with Gasteiger partial charge in [-0.2, -0.15) is 0 Å². The molecule has 0 aliphatic carbocycles. The van der Waals surface area contributed by atoms with Gasteiger partial charge < -0.3 is 14.6 Å². The Kier molecular flexibility index (Phi) is 3.79. The van der Waals surface area contributed by atoms with Crippen LogP contribution < -0.4 is 10.1 Å². The molecule has 1 aromatic carbocycles. The van der Waals surface area contributed by atoms with Crippen LogP contribution in [-0.4, -0.2) is 26.8 Å². The van der Waals surface area contributed by atoms with Gasteiger partial charge in [0.25, 0.3) is 5.91 Å².